The smallest absolute Gasteiger partial charge is 0.266 e. The van der Waals surface area contributed by atoms with Gasteiger partial charge in [0.1, 0.15) is 11.8 Å². The largest absolute Gasteiger partial charge is 0.493 e. The number of fused-ring (bicyclic) bond motifs is 1. The van der Waals surface area contributed by atoms with Gasteiger partial charge in [-0.2, -0.15) is 5.10 Å². The number of aryl methyl sites for hydroxylation is 1. The highest BCUT2D eigenvalue weighted by atomic mass is 16.5. The number of amides is 3. The van der Waals surface area contributed by atoms with Gasteiger partial charge >= 0.3 is 0 Å². The van der Waals surface area contributed by atoms with Gasteiger partial charge in [-0.3, -0.25) is 24.0 Å². The molecule has 31 heavy (non-hydrogen) atoms. The number of imide groups is 1. The van der Waals surface area contributed by atoms with E-state index in [4.69, 9.17) is 11.2 Å². The highest BCUT2D eigenvalue weighted by Crippen LogP contribution is 2.34. The molecule has 8 nitrogen and oxygen atoms in total. The van der Waals surface area contributed by atoms with E-state index < -0.39 is 17.9 Å². The molecule has 4 rings (SSSR count). The lowest BCUT2D eigenvalue weighted by Gasteiger charge is -2.29. The van der Waals surface area contributed by atoms with E-state index in [-0.39, 0.29) is 17.0 Å². The number of benzene rings is 1. The Morgan fingerprint density at radius 1 is 1.26 bits per heavy atom. The number of unbranched alkanes of at least 4 members (excludes halogenated alkanes) is 1. The third-order valence-corrected chi connectivity index (χ3v) is 5.38. The van der Waals surface area contributed by atoms with Crippen molar-refractivity contribution in [2.75, 3.05) is 6.61 Å². The molecule has 2 aromatic rings. The Morgan fingerprint density at radius 2 is 2.10 bits per heavy atom. The SMILES string of the molecule is C#Cc1cnn(CCCCOc2cccc3c2C(=O)N(C2CCC(=C)NC2=O)C3=O)c1. The molecule has 0 radical (unpaired) electrons. The van der Waals surface area contributed by atoms with Crippen molar-refractivity contribution in [3.63, 3.8) is 0 Å². The molecule has 1 fully saturated rings. The van der Waals surface area contributed by atoms with Crippen molar-refractivity contribution in [1.82, 2.24) is 20.0 Å². The van der Waals surface area contributed by atoms with Gasteiger partial charge in [0.15, 0.2) is 0 Å². The molecule has 2 aliphatic rings. The second-order valence-corrected chi connectivity index (χ2v) is 7.50. The number of carbonyl (C=O) groups is 3. The quantitative estimate of drug-likeness (QED) is 0.422. The van der Waals surface area contributed by atoms with E-state index in [0.717, 1.165) is 23.3 Å². The van der Waals surface area contributed by atoms with E-state index in [9.17, 15) is 14.4 Å². The fourth-order valence-corrected chi connectivity index (χ4v) is 3.80. The number of nitrogens with zero attached hydrogens (tertiary/aromatic N) is 3. The number of hydrogen-bond acceptors (Lipinski definition) is 5. The van der Waals surface area contributed by atoms with Crippen molar-refractivity contribution in [1.29, 1.82) is 0 Å². The second kappa shape index (κ2) is 8.48. The zero-order valence-corrected chi connectivity index (χ0v) is 17.0. The molecular weight excluding hydrogens is 396 g/mol. The van der Waals surface area contributed by atoms with E-state index in [1.165, 1.54) is 0 Å². The van der Waals surface area contributed by atoms with Crippen molar-refractivity contribution < 1.29 is 19.1 Å². The van der Waals surface area contributed by atoms with Gasteiger partial charge in [0.2, 0.25) is 5.91 Å². The zero-order valence-electron chi connectivity index (χ0n) is 17.0. The highest BCUT2D eigenvalue weighted by Gasteiger charge is 2.45. The first kappa shape index (κ1) is 20.4. The predicted octanol–water partition coefficient (Wildman–Crippen LogP) is 2.11. The summed E-state index contributed by atoms with van der Waals surface area (Å²) in [6.07, 6.45) is 11.2. The van der Waals surface area contributed by atoms with E-state index in [0.29, 0.717) is 37.4 Å². The molecule has 1 aromatic heterocycles. The molecule has 0 spiro atoms. The molecule has 2 aliphatic heterocycles. The maximum atomic E-state index is 13.1. The lowest BCUT2D eigenvalue weighted by atomic mass is 10.0. The Balaban J connectivity index is 1.39. The molecule has 1 N–H and O–H groups in total. The van der Waals surface area contributed by atoms with Crippen LogP contribution >= 0.6 is 0 Å². The van der Waals surface area contributed by atoms with Crippen LogP contribution in [0.2, 0.25) is 0 Å². The minimum atomic E-state index is -0.840. The third kappa shape index (κ3) is 3.94. The van der Waals surface area contributed by atoms with Gasteiger partial charge in [-0.25, -0.2) is 0 Å². The second-order valence-electron chi connectivity index (χ2n) is 7.50. The molecule has 1 saturated heterocycles. The first-order valence-corrected chi connectivity index (χ1v) is 10.1. The topological polar surface area (TPSA) is 93.5 Å². The summed E-state index contributed by atoms with van der Waals surface area (Å²) in [5, 5.41) is 6.81. The van der Waals surface area contributed by atoms with Gasteiger partial charge in [-0.1, -0.05) is 18.6 Å². The van der Waals surface area contributed by atoms with Crippen LogP contribution in [-0.4, -0.2) is 45.1 Å². The first-order valence-electron chi connectivity index (χ1n) is 10.1. The molecule has 8 heteroatoms. The number of terminal acetylenes is 1. The van der Waals surface area contributed by atoms with Crippen LogP contribution in [0.1, 0.15) is 52.0 Å². The Hall–Kier alpha value is -3.86. The summed E-state index contributed by atoms with van der Waals surface area (Å²) in [4.78, 5) is 39.3. The van der Waals surface area contributed by atoms with E-state index >= 15 is 0 Å². The van der Waals surface area contributed by atoms with Crippen molar-refractivity contribution in [2.24, 2.45) is 0 Å². The van der Waals surface area contributed by atoms with Crippen LogP contribution in [0.4, 0.5) is 0 Å². The molecule has 1 aromatic carbocycles. The fourth-order valence-electron chi connectivity index (χ4n) is 3.80. The van der Waals surface area contributed by atoms with Crippen LogP contribution in [0.15, 0.2) is 42.9 Å². The number of piperidine rings is 1. The summed E-state index contributed by atoms with van der Waals surface area (Å²) in [6, 6.07) is 4.09. The zero-order chi connectivity index (χ0) is 22.0. The fraction of sp³-hybridized carbons (Fsp3) is 0.304. The van der Waals surface area contributed by atoms with Crippen molar-refractivity contribution in [3.05, 3.63) is 59.6 Å². The standard InChI is InChI=1S/C23H22N4O4/c1-3-16-13-24-26(14-16)11-4-5-12-31-19-8-6-7-17-20(19)23(30)27(22(17)29)18-10-9-15(2)25-21(18)28/h1,6-8,13-14,18H,2,4-5,9-12H2,(H,25,28). The summed E-state index contributed by atoms with van der Waals surface area (Å²) in [6.45, 7) is 4.82. The maximum Gasteiger partial charge on any atom is 0.266 e. The van der Waals surface area contributed by atoms with Crippen LogP contribution in [0.3, 0.4) is 0 Å². The minimum absolute atomic E-state index is 0.218. The normalized spacial score (nSPS) is 18.0. The average molecular weight is 418 g/mol. The van der Waals surface area contributed by atoms with Crippen LogP contribution < -0.4 is 10.1 Å². The molecule has 0 bridgehead atoms. The molecule has 0 saturated carbocycles. The molecular formula is C23H22N4O4. The van der Waals surface area contributed by atoms with Crippen molar-refractivity contribution in [3.8, 4) is 18.1 Å². The van der Waals surface area contributed by atoms with Gasteiger partial charge < -0.3 is 10.1 Å². The summed E-state index contributed by atoms with van der Waals surface area (Å²) in [5.41, 5.74) is 1.81. The van der Waals surface area contributed by atoms with Gasteiger partial charge in [0, 0.05) is 18.4 Å². The van der Waals surface area contributed by atoms with Gasteiger partial charge in [-0.15, -0.1) is 6.42 Å². The lowest BCUT2D eigenvalue weighted by Crippen LogP contribution is -2.51. The molecule has 3 heterocycles. The monoisotopic (exact) mass is 418 g/mol. The van der Waals surface area contributed by atoms with Gasteiger partial charge in [0.25, 0.3) is 11.8 Å². The molecule has 158 valence electrons. The number of rotatable bonds is 7. The Bertz CT molecular complexity index is 1110. The van der Waals surface area contributed by atoms with E-state index in [2.05, 4.69) is 22.9 Å². The van der Waals surface area contributed by atoms with Crippen molar-refractivity contribution >= 4 is 17.7 Å². The summed E-state index contributed by atoms with van der Waals surface area (Å²) in [5.74, 6) is 1.53. The number of aromatic nitrogens is 2. The van der Waals surface area contributed by atoms with Crippen LogP contribution in [0, 0.1) is 12.3 Å². The summed E-state index contributed by atoms with van der Waals surface area (Å²) < 4.78 is 7.61. The minimum Gasteiger partial charge on any atom is -0.493 e. The predicted molar refractivity (Wildman–Crippen MR) is 112 cm³/mol. The number of nitrogens with one attached hydrogen (secondary N) is 1. The number of allylic oxidation sites excluding steroid dienone is 1. The van der Waals surface area contributed by atoms with Gasteiger partial charge in [-0.05, 0) is 37.8 Å². The van der Waals surface area contributed by atoms with Crippen LogP contribution in [-0.2, 0) is 11.3 Å². The first-order chi connectivity index (χ1) is 15.0. The van der Waals surface area contributed by atoms with Gasteiger partial charge in [0.05, 0.1) is 29.5 Å². The molecule has 1 unspecified atom stereocenters. The number of ether oxygens (including phenoxy) is 1. The van der Waals surface area contributed by atoms with Crippen molar-refractivity contribution in [2.45, 2.75) is 38.3 Å². The Morgan fingerprint density at radius 3 is 2.84 bits per heavy atom. The van der Waals surface area contributed by atoms with Crippen LogP contribution in [0.5, 0.6) is 5.75 Å². The molecule has 1 atom stereocenters. The Labute approximate surface area is 179 Å². The maximum absolute atomic E-state index is 13.1. The van der Waals surface area contributed by atoms with E-state index in [1.54, 1.807) is 35.3 Å². The van der Waals surface area contributed by atoms with E-state index in [1.807, 2.05) is 0 Å². The number of hydrogen-bond donors (Lipinski definition) is 1. The summed E-state index contributed by atoms with van der Waals surface area (Å²) in [7, 11) is 0. The Kier molecular flexibility index (Phi) is 5.58. The summed E-state index contributed by atoms with van der Waals surface area (Å²) >= 11 is 0. The highest BCUT2D eigenvalue weighted by molar-refractivity contribution is 6.24. The lowest BCUT2D eigenvalue weighted by molar-refractivity contribution is -0.125. The third-order valence-electron chi connectivity index (χ3n) is 5.38. The van der Waals surface area contributed by atoms with Crippen LogP contribution in [0.25, 0.3) is 0 Å². The molecule has 3 amide bonds. The average Bonchev–Trinajstić information content (AvgIpc) is 3.32. The molecule has 0 aliphatic carbocycles. The number of carbonyl (C=O) groups excluding carboxylic acids is 3.